The third-order valence-corrected chi connectivity index (χ3v) is 3.91. The van der Waals surface area contributed by atoms with E-state index >= 15 is 0 Å². The zero-order valence-electron chi connectivity index (χ0n) is 13.4. The van der Waals surface area contributed by atoms with Gasteiger partial charge in [0.2, 0.25) is 0 Å². The van der Waals surface area contributed by atoms with Gasteiger partial charge in [-0.3, -0.25) is 14.9 Å². The Bertz CT molecular complexity index is 1040. The molecule has 0 bridgehead atoms. The van der Waals surface area contributed by atoms with Gasteiger partial charge in [-0.05, 0) is 24.3 Å². The highest BCUT2D eigenvalue weighted by Gasteiger charge is 2.17. The molecule has 0 saturated heterocycles. The summed E-state index contributed by atoms with van der Waals surface area (Å²) in [6.45, 7) is -0.0679. The fraction of sp³-hybridized carbons (Fsp3) is 0.0588. The lowest BCUT2D eigenvalue weighted by Gasteiger charge is -2.03. The first-order chi connectivity index (χ1) is 12.8. The largest absolute Gasteiger partial charge is 0.356 e. The van der Waals surface area contributed by atoms with E-state index in [1.54, 1.807) is 0 Å². The minimum atomic E-state index is -0.810. The second kappa shape index (κ2) is 7.50. The van der Waals surface area contributed by atoms with Crippen LogP contribution in [0, 0.1) is 21.7 Å². The lowest BCUT2D eigenvalue weighted by atomic mass is 10.1. The Morgan fingerprint density at radius 2 is 2.00 bits per heavy atom. The Labute approximate surface area is 155 Å². The van der Waals surface area contributed by atoms with Crippen LogP contribution in [0.25, 0.3) is 11.3 Å². The molecule has 2 aromatic carbocycles. The molecule has 1 aromatic heterocycles. The highest BCUT2D eigenvalue weighted by molar-refractivity contribution is 6.32. The summed E-state index contributed by atoms with van der Waals surface area (Å²) >= 11 is 5.70. The second-order valence-corrected chi connectivity index (χ2v) is 5.82. The number of nitro benzene ring substituents is 1. The van der Waals surface area contributed by atoms with Gasteiger partial charge in [-0.25, -0.2) is 8.78 Å². The number of nitro groups is 1. The van der Waals surface area contributed by atoms with E-state index in [2.05, 4.69) is 10.5 Å². The van der Waals surface area contributed by atoms with E-state index in [9.17, 15) is 23.7 Å². The van der Waals surface area contributed by atoms with Crippen LogP contribution in [0.1, 0.15) is 16.1 Å². The molecule has 1 heterocycles. The van der Waals surface area contributed by atoms with Crippen LogP contribution < -0.4 is 5.32 Å². The fourth-order valence-corrected chi connectivity index (χ4v) is 2.46. The van der Waals surface area contributed by atoms with Crippen LogP contribution in [0.4, 0.5) is 14.5 Å². The number of nitrogens with zero attached hydrogens (tertiary/aromatic N) is 2. The van der Waals surface area contributed by atoms with Crippen molar-refractivity contribution >= 4 is 23.2 Å². The number of aromatic nitrogens is 1. The van der Waals surface area contributed by atoms with E-state index in [0.717, 1.165) is 12.1 Å². The van der Waals surface area contributed by atoms with Crippen molar-refractivity contribution in [3.05, 3.63) is 80.5 Å². The van der Waals surface area contributed by atoms with E-state index in [4.69, 9.17) is 16.1 Å². The van der Waals surface area contributed by atoms with Gasteiger partial charge in [0.25, 0.3) is 11.6 Å². The smallest absolute Gasteiger partial charge is 0.288 e. The Kier molecular flexibility index (Phi) is 5.13. The maximum atomic E-state index is 13.8. The lowest BCUT2D eigenvalue weighted by molar-refractivity contribution is -0.384. The minimum Gasteiger partial charge on any atom is -0.356 e. The predicted octanol–water partition coefficient (Wildman–Crippen LogP) is 4.11. The quantitative estimate of drug-likeness (QED) is 0.519. The molecule has 0 unspecified atom stereocenters. The molecule has 3 aromatic rings. The van der Waals surface area contributed by atoms with E-state index in [1.807, 2.05) is 0 Å². The number of amides is 1. The van der Waals surface area contributed by atoms with Gasteiger partial charge in [-0.2, -0.15) is 0 Å². The van der Waals surface area contributed by atoms with Gasteiger partial charge >= 0.3 is 0 Å². The van der Waals surface area contributed by atoms with Crippen molar-refractivity contribution in [2.45, 2.75) is 6.54 Å². The Balaban J connectivity index is 1.71. The number of benzene rings is 2. The van der Waals surface area contributed by atoms with Crippen LogP contribution in [0.15, 0.2) is 47.0 Å². The molecule has 27 heavy (non-hydrogen) atoms. The van der Waals surface area contributed by atoms with Crippen LogP contribution in [-0.4, -0.2) is 16.0 Å². The van der Waals surface area contributed by atoms with Crippen molar-refractivity contribution in [2.24, 2.45) is 0 Å². The lowest BCUT2D eigenvalue weighted by Crippen LogP contribution is -2.23. The molecule has 0 aliphatic rings. The summed E-state index contributed by atoms with van der Waals surface area (Å²) in [6, 6.07) is 8.04. The molecule has 0 atom stereocenters. The summed E-state index contributed by atoms with van der Waals surface area (Å²) in [7, 11) is 0. The molecule has 7 nitrogen and oxygen atoms in total. The standard InChI is InChI=1S/C17H10ClF2N3O4/c18-13-4-1-9(5-15(13)23(25)26)17(24)21-8-11-7-16(27-22-11)12-3-2-10(19)6-14(12)20/h1-7H,8H2,(H,21,24). The number of carbonyl (C=O) groups is 1. The van der Waals surface area contributed by atoms with Gasteiger partial charge in [0.15, 0.2) is 5.76 Å². The molecule has 1 amide bonds. The summed E-state index contributed by atoms with van der Waals surface area (Å²) in [5.74, 6) is -2.05. The first kappa shape index (κ1) is 18.5. The van der Waals surface area contributed by atoms with Crippen molar-refractivity contribution < 1.29 is 23.0 Å². The maximum Gasteiger partial charge on any atom is 0.288 e. The molecular formula is C17H10ClF2N3O4. The molecule has 1 N–H and O–H groups in total. The summed E-state index contributed by atoms with van der Waals surface area (Å²) in [6.07, 6.45) is 0. The Morgan fingerprint density at radius 1 is 1.22 bits per heavy atom. The van der Waals surface area contributed by atoms with E-state index in [1.165, 1.54) is 24.3 Å². The third-order valence-electron chi connectivity index (χ3n) is 3.59. The molecule has 0 aliphatic heterocycles. The number of rotatable bonds is 5. The Morgan fingerprint density at radius 3 is 2.70 bits per heavy atom. The van der Waals surface area contributed by atoms with Crippen molar-refractivity contribution in [1.82, 2.24) is 10.5 Å². The highest BCUT2D eigenvalue weighted by atomic mass is 35.5. The summed E-state index contributed by atoms with van der Waals surface area (Å²) in [4.78, 5) is 22.3. The number of halogens is 3. The topological polar surface area (TPSA) is 98.3 Å². The van der Waals surface area contributed by atoms with E-state index < -0.39 is 22.5 Å². The van der Waals surface area contributed by atoms with E-state index in [0.29, 0.717) is 6.07 Å². The number of carbonyl (C=O) groups excluding carboxylic acids is 1. The molecular weight excluding hydrogens is 384 g/mol. The molecule has 0 aliphatic carbocycles. The van der Waals surface area contributed by atoms with Crippen LogP contribution in [0.2, 0.25) is 5.02 Å². The summed E-state index contributed by atoms with van der Waals surface area (Å²) in [5.41, 5.74) is -0.0421. The summed E-state index contributed by atoms with van der Waals surface area (Å²) < 4.78 is 31.7. The molecule has 0 fully saturated rings. The normalized spacial score (nSPS) is 10.6. The number of nitrogens with one attached hydrogen (secondary N) is 1. The van der Waals surface area contributed by atoms with Crippen molar-refractivity contribution in [1.29, 1.82) is 0 Å². The zero-order chi connectivity index (χ0) is 19.6. The minimum absolute atomic E-state index is 0.0230. The molecule has 138 valence electrons. The van der Waals surface area contributed by atoms with Gasteiger partial charge in [0, 0.05) is 23.8 Å². The van der Waals surface area contributed by atoms with Gasteiger partial charge in [-0.15, -0.1) is 0 Å². The third kappa shape index (κ3) is 4.09. The number of hydrogen-bond donors (Lipinski definition) is 1. The maximum absolute atomic E-state index is 13.8. The molecule has 0 saturated carbocycles. The van der Waals surface area contributed by atoms with Crippen molar-refractivity contribution in [2.75, 3.05) is 0 Å². The first-order valence-corrected chi connectivity index (χ1v) is 7.86. The SMILES string of the molecule is O=C(NCc1cc(-c2ccc(F)cc2F)on1)c1ccc(Cl)c([N+](=O)[O-])c1. The average molecular weight is 394 g/mol. The zero-order valence-corrected chi connectivity index (χ0v) is 14.2. The Hall–Kier alpha value is -3.33. The molecule has 3 rings (SSSR count). The monoisotopic (exact) mass is 393 g/mol. The summed E-state index contributed by atoms with van der Waals surface area (Å²) in [5, 5.41) is 17.0. The van der Waals surface area contributed by atoms with Crippen molar-refractivity contribution in [3.63, 3.8) is 0 Å². The van der Waals surface area contributed by atoms with Crippen LogP contribution in [0.3, 0.4) is 0 Å². The highest BCUT2D eigenvalue weighted by Crippen LogP contribution is 2.26. The van der Waals surface area contributed by atoms with Gasteiger partial charge in [0.1, 0.15) is 22.4 Å². The predicted molar refractivity (Wildman–Crippen MR) is 91.1 cm³/mol. The van der Waals surface area contributed by atoms with Crippen LogP contribution >= 0.6 is 11.6 Å². The molecule has 0 spiro atoms. The van der Waals surface area contributed by atoms with Gasteiger partial charge in [0.05, 0.1) is 17.0 Å². The van der Waals surface area contributed by atoms with Crippen LogP contribution in [0.5, 0.6) is 0 Å². The van der Waals surface area contributed by atoms with Gasteiger partial charge in [-0.1, -0.05) is 16.8 Å². The second-order valence-electron chi connectivity index (χ2n) is 5.41. The average Bonchev–Trinajstić information content (AvgIpc) is 3.08. The van der Waals surface area contributed by atoms with Crippen molar-refractivity contribution in [3.8, 4) is 11.3 Å². The molecule has 10 heteroatoms. The number of hydrogen-bond acceptors (Lipinski definition) is 5. The van der Waals surface area contributed by atoms with E-state index in [-0.39, 0.29) is 39.8 Å². The van der Waals surface area contributed by atoms with Crippen LogP contribution in [-0.2, 0) is 6.54 Å². The molecule has 0 radical (unpaired) electrons. The van der Waals surface area contributed by atoms with Gasteiger partial charge < -0.3 is 9.84 Å². The first-order valence-electron chi connectivity index (χ1n) is 7.48. The fourth-order valence-electron chi connectivity index (χ4n) is 2.28.